The fourth-order valence-corrected chi connectivity index (χ4v) is 3.31. The summed E-state index contributed by atoms with van der Waals surface area (Å²) in [6, 6.07) is 1.62. The Bertz CT molecular complexity index is 582. The van der Waals surface area contributed by atoms with Crippen molar-refractivity contribution in [3.63, 3.8) is 0 Å². The van der Waals surface area contributed by atoms with Crippen LogP contribution in [0.4, 0.5) is 5.13 Å². The van der Waals surface area contributed by atoms with Crippen LogP contribution in [0.1, 0.15) is 0 Å². The third-order valence-corrected chi connectivity index (χ3v) is 4.39. The molecule has 0 amide bonds. The number of pyridine rings is 1. The Kier molecular flexibility index (Phi) is 3.83. The fourth-order valence-electron chi connectivity index (χ4n) is 1.87. The molecule has 1 fully saturated rings. The molecule has 100 valence electrons. The van der Waals surface area contributed by atoms with Crippen LogP contribution in [0.25, 0.3) is 10.6 Å². The predicted molar refractivity (Wildman–Crippen MR) is 78.2 cm³/mol. The molecule has 1 aliphatic heterocycles. The SMILES string of the molecule is Clc1cc(Cl)c(-c2nnc(N3CCNCC3)s2)cn1. The van der Waals surface area contributed by atoms with E-state index in [2.05, 4.69) is 25.4 Å². The molecule has 3 heterocycles. The van der Waals surface area contributed by atoms with Crippen LogP contribution >= 0.6 is 34.5 Å². The zero-order valence-electron chi connectivity index (χ0n) is 9.94. The van der Waals surface area contributed by atoms with Crippen LogP contribution in [-0.2, 0) is 0 Å². The number of aromatic nitrogens is 3. The van der Waals surface area contributed by atoms with Gasteiger partial charge in [0.2, 0.25) is 5.13 Å². The van der Waals surface area contributed by atoms with E-state index in [4.69, 9.17) is 23.2 Å². The van der Waals surface area contributed by atoms with Crippen LogP contribution in [-0.4, -0.2) is 41.4 Å². The molecule has 1 saturated heterocycles. The number of hydrogen-bond acceptors (Lipinski definition) is 6. The first kappa shape index (κ1) is 13.1. The van der Waals surface area contributed by atoms with Gasteiger partial charge in [-0.25, -0.2) is 4.98 Å². The summed E-state index contributed by atoms with van der Waals surface area (Å²) in [6.07, 6.45) is 1.63. The van der Waals surface area contributed by atoms with Gasteiger partial charge in [-0.15, -0.1) is 10.2 Å². The molecule has 3 rings (SSSR count). The van der Waals surface area contributed by atoms with Crippen molar-refractivity contribution >= 4 is 39.7 Å². The van der Waals surface area contributed by atoms with Gasteiger partial charge in [0.05, 0.1) is 5.02 Å². The first-order chi connectivity index (χ1) is 9.24. The molecule has 0 atom stereocenters. The summed E-state index contributed by atoms with van der Waals surface area (Å²) in [5.74, 6) is 0. The summed E-state index contributed by atoms with van der Waals surface area (Å²) in [7, 11) is 0. The second kappa shape index (κ2) is 5.58. The summed E-state index contributed by atoms with van der Waals surface area (Å²) >= 11 is 13.5. The van der Waals surface area contributed by atoms with Crippen LogP contribution in [0.2, 0.25) is 10.2 Å². The van der Waals surface area contributed by atoms with Crippen LogP contribution in [0.5, 0.6) is 0 Å². The zero-order chi connectivity index (χ0) is 13.2. The molecule has 1 aliphatic rings. The maximum absolute atomic E-state index is 6.15. The number of hydrogen-bond donors (Lipinski definition) is 1. The van der Waals surface area contributed by atoms with Crippen LogP contribution in [0.3, 0.4) is 0 Å². The van der Waals surface area contributed by atoms with Gasteiger partial charge in [0, 0.05) is 37.9 Å². The quantitative estimate of drug-likeness (QED) is 0.862. The van der Waals surface area contributed by atoms with E-state index in [1.807, 2.05) is 0 Å². The van der Waals surface area contributed by atoms with Crippen molar-refractivity contribution in [3.8, 4) is 10.6 Å². The third kappa shape index (κ3) is 2.81. The van der Waals surface area contributed by atoms with E-state index in [0.717, 1.165) is 41.9 Å². The van der Waals surface area contributed by atoms with Crippen LogP contribution < -0.4 is 10.2 Å². The van der Waals surface area contributed by atoms with Gasteiger partial charge in [-0.05, 0) is 6.07 Å². The van der Waals surface area contributed by atoms with Crippen LogP contribution in [0.15, 0.2) is 12.3 Å². The lowest BCUT2D eigenvalue weighted by atomic mass is 10.3. The summed E-state index contributed by atoms with van der Waals surface area (Å²) < 4.78 is 0. The third-order valence-electron chi connectivity index (χ3n) is 2.85. The van der Waals surface area contributed by atoms with E-state index >= 15 is 0 Å². The topological polar surface area (TPSA) is 53.9 Å². The minimum absolute atomic E-state index is 0.376. The van der Waals surface area contributed by atoms with Crippen LogP contribution in [0, 0.1) is 0 Å². The van der Waals surface area contributed by atoms with E-state index in [-0.39, 0.29) is 0 Å². The molecule has 0 bridgehead atoms. The van der Waals surface area contributed by atoms with Gasteiger partial charge in [-0.3, -0.25) is 0 Å². The first-order valence-corrected chi connectivity index (χ1v) is 7.42. The van der Waals surface area contributed by atoms with Gasteiger partial charge in [-0.2, -0.15) is 0 Å². The molecule has 0 saturated carbocycles. The van der Waals surface area contributed by atoms with E-state index in [1.54, 1.807) is 12.3 Å². The van der Waals surface area contributed by atoms with Crippen molar-refractivity contribution < 1.29 is 0 Å². The highest BCUT2D eigenvalue weighted by Gasteiger charge is 2.17. The molecular formula is C11H11Cl2N5S. The average molecular weight is 316 g/mol. The minimum atomic E-state index is 0.376. The Morgan fingerprint density at radius 1 is 1.21 bits per heavy atom. The number of rotatable bonds is 2. The molecule has 5 nitrogen and oxygen atoms in total. The summed E-state index contributed by atoms with van der Waals surface area (Å²) in [6.45, 7) is 3.83. The zero-order valence-corrected chi connectivity index (χ0v) is 12.3. The summed E-state index contributed by atoms with van der Waals surface area (Å²) in [5, 5.41) is 14.3. The predicted octanol–water partition coefficient (Wildman–Crippen LogP) is 2.32. The highest BCUT2D eigenvalue weighted by atomic mass is 35.5. The van der Waals surface area contributed by atoms with Gasteiger partial charge in [0.25, 0.3) is 0 Å². The van der Waals surface area contributed by atoms with E-state index < -0.39 is 0 Å². The standard InChI is InChI=1S/C11H11Cl2N5S/c12-8-5-9(13)15-6-7(8)10-16-17-11(19-10)18-3-1-14-2-4-18/h5-6,14H,1-4H2. The molecular weight excluding hydrogens is 305 g/mol. The second-order valence-corrected chi connectivity index (χ2v) is 5.86. The largest absolute Gasteiger partial charge is 0.344 e. The lowest BCUT2D eigenvalue weighted by molar-refractivity contribution is 0.587. The Morgan fingerprint density at radius 2 is 2.00 bits per heavy atom. The smallest absolute Gasteiger partial charge is 0.208 e. The van der Waals surface area contributed by atoms with E-state index in [9.17, 15) is 0 Å². The summed E-state index contributed by atoms with van der Waals surface area (Å²) in [4.78, 5) is 6.25. The van der Waals surface area contributed by atoms with Gasteiger partial charge in [0.1, 0.15) is 5.15 Å². The van der Waals surface area contributed by atoms with Crippen molar-refractivity contribution in [2.24, 2.45) is 0 Å². The molecule has 2 aromatic rings. The fraction of sp³-hybridized carbons (Fsp3) is 0.364. The van der Waals surface area contributed by atoms with Crippen molar-refractivity contribution in [2.45, 2.75) is 0 Å². The molecule has 19 heavy (non-hydrogen) atoms. The monoisotopic (exact) mass is 315 g/mol. The summed E-state index contributed by atoms with van der Waals surface area (Å²) in [5.41, 5.74) is 0.768. The van der Waals surface area contributed by atoms with Gasteiger partial charge >= 0.3 is 0 Å². The molecule has 0 aliphatic carbocycles. The maximum Gasteiger partial charge on any atom is 0.208 e. The Morgan fingerprint density at radius 3 is 2.74 bits per heavy atom. The first-order valence-electron chi connectivity index (χ1n) is 5.84. The molecule has 2 aromatic heterocycles. The van der Waals surface area contributed by atoms with Crippen molar-refractivity contribution in [3.05, 3.63) is 22.4 Å². The molecule has 0 radical (unpaired) electrons. The molecule has 0 aromatic carbocycles. The lowest BCUT2D eigenvalue weighted by Gasteiger charge is -2.26. The van der Waals surface area contributed by atoms with Crippen molar-refractivity contribution in [2.75, 3.05) is 31.1 Å². The Balaban J connectivity index is 1.87. The number of halogens is 2. The molecule has 1 N–H and O–H groups in total. The number of nitrogens with one attached hydrogen (secondary N) is 1. The van der Waals surface area contributed by atoms with Gasteiger partial charge in [-0.1, -0.05) is 34.5 Å². The van der Waals surface area contributed by atoms with E-state index in [1.165, 1.54) is 11.3 Å². The highest BCUT2D eigenvalue weighted by Crippen LogP contribution is 2.33. The van der Waals surface area contributed by atoms with Crippen molar-refractivity contribution in [1.82, 2.24) is 20.5 Å². The minimum Gasteiger partial charge on any atom is -0.344 e. The van der Waals surface area contributed by atoms with Gasteiger partial charge in [0.15, 0.2) is 5.01 Å². The molecule has 0 spiro atoms. The van der Waals surface area contributed by atoms with E-state index in [0.29, 0.717) is 10.2 Å². The Labute approximate surface area is 124 Å². The molecule has 0 unspecified atom stereocenters. The average Bonchev–Trinajstić information content (AvgIpc) is 2.89. The number of piperazine rings is 1. The highest BCUT2D eigenvalue weighted by molar-refractivity contribution is 7.18. The number of nitrogens with zero attached hydrogens (tertiary/aromatic N) is 4. The molecule has 8 heteroatoms. The Hall–Kier alpha value is -0.950. The number of anilines is 1. The lowest BCUT2D eigenvalue weighted by Crippen LogP contribution is -2.43. The maximum atomic E-state index is 6.15. The second-order valence-electron chi connectivity index (χ2n) is 4.11. The van der Waals surface area contributed by atoms with Gasteiger partial charge < -0.3 is 10.2 Å². The van der Waals surface area contributed by atoms with Crippen molar-refractivity contribution in [1.29, 1.82) is 0 Å². The normalized spacial score (nSPS) is 15.8.